The van der Waals surface area contributed by atoms with E-state index in [0.29, 0.717) is 40.0 Å². The predicted octanol–water partition coefficient (Wildman–Crippen LogP) is 4.41. The molecule has 27 heavy (non-hydrogen) atoms. The molecule has 2 unspecified atom stereocenters. The molecule has 2 heterocycles. The Morgan fingerprint density at radius 3 is 2.37 bits per heavy atom. The van der Waals surface area contributed by atoms with Gasteiger partial charge >= 0.3 is 0 Å². The lowest BCUT2D eigenvalue weighted by atomic mass is 10.1. The summed E-state index contributed by atoms with van der Waals surface area (Å²) >= 11 is 7.58. The average molecular weight is 401 g/mol. The second kappa shape index (κ2) is 7.70. The second-order valence-corrected chi connectivity index (χ2v) is 7.20. The average Bonchev–Trinajstić information content (AvgIpc) is 3.52. The third-order valence-electron chi connectivity index (χ3n) is 4.55. The first-order chi connectivity index (χ1) is 13.2. The minimum atomic E-state index is 0.366. The molecular weight excluding hydrogens is 384 g/mol. The fourth-order valence-electron chi connectivity index (χ4n) is 3.07. The molecule has 2 atom stereocenters. The van der Waals surface area contributed by atoms with Crippen molar-refractivity contribution in [2.24, 2.45) is 9.39 Å². The number of allylic oxidation sites excluding steroid dienone is 1. The largest absolute Gasteiger partial charge is 0.495 e. The van der Waals surface area contributed by atoms with Crippen LogP contribution in [0.5, 0.6) is 11.5 Å². The number of benzene rings is 1. The van der Waals surface area contributed by atoms with Gasteiger partial charge in [-0.1, -0.05) is 11.6 Å². The fourth-order valence-corrected chi connectivity index (χ4v) is 3.76. The zero-order valence-corrected chi connectivity index (χ0v) is 16.4. The van der Waals surface area contributed by atoms with E-state index in [-0.39, 0.29) is 0 Å². The molecule has 0 N–H and O–H groups in total. The van der Waals surface area contributed by atoms with Crippen LogP contribution in [0.1, 0.15) is 35.2 Å². The van der Waals surface area contributed by atoms with Gasteiger partial charge in [-0.3, -0.25) is 0 Å². The van der Waals surface area contributed by atoms with Crippen molar-refractivity contribution >= 4 is 35.6 Å². The summed E-state index contributed by atoms with van der Waals surface area (Å²) in [6.07, 6.45) is 8.26. The Kier molecular flexibility index (Phi) is 5.13. The SMILES string of the molecule is COc1cc(C2CC2c2cnc(C3=NSC=CC=N3)nc2)cc(OC)c1Cl. The molecule has 1 saturated carbocycles. The number of ether oxygens (including phenoxy) is 2. The Morgan fingerprint density at radius 1 is 1.04 bits per heavy atom. The minimum Gasteiger partial charge on any atom is -0.495 e. The van der Waals surface area contributed by atoms with Crippen molar-refractivity contribution in [3.63, 3.8) is 0 Å². The summed E-state index contributed by atoms with van der Waals surface area (Å²) in [5.74, 6) is 3.03. The van der Waals surface area contributed by atoms with E-state index in [0.717, 1.165) is 17.5 Å². The van der Waals surface area contributed by atoms with Crippen LogP contribution in [0.2, 0.25) is 5.02 Å². The fraction of sp³-hybridized carbons (Fsp3) is 0.263. The zero-order chi connectivity index (χ0) is 18.8. The first-order valence-corrected chi connectivity index (χ1v) is 9.59. The molecule has 1 aromatic heterocycles. The number of methoxy groups -OCH3 is 2. The molecule has 1 aromatic carbocycles. The summed E-state index contributed by atoms with van der Waals surface area (Å²) in [6, 6.07) is 3.95. The molecule has 8 heteroatoms. The van der Waals surface area contributed by atoms with Crippen LogP contribution in [-0.4, -0.2) is 36.2 Å². The van der Waals surface area contributed by atoms with E-state index in [4.69, 9.17) is 21.1 Å². The maximum atomic E-state index is 6.26. The van der Waals surface area contributed by atoms with Gasteiger partial charge in [-0.25, -0.2) is 15.0 Å². The van der Waals surface area contributed by atoms with E-state index >= 15 is 0 Å². The molecule has 0 bridgehead atoms. The molecule has 138 valence electrons. The smallest absolute Gasteiger partial charge is 0.205 e. The summed E-state index contributed by atoms with van der Waals surface area (Å²) < 4.78 is 15.0. The Balaban J connectivity index is 1.53. The van der Waals surface area contributed by atoms with Crippen LogP contribution in [-0.2, 0) is 0 Å². The lowest BCUT2D eigenvalue weighted by molar-refractivity contribution is 0.394. The van der Waals surface area contributed by atoms with Gasteiger partial charge < -0.3 is 9.47 Å². The zero-order valence-electron chi connectivity index (χ0n) is 14.8. The van der Waals surface area contributed by atoms with Gasteiger partial charge in [0.25, 0.3) is 0 Å². The third kappa shape index (κ3) is 3.70. The molecule has 1 aliphatic heterocycles. The van der Waals surface area contributed by atoms with Crippen molar-refractivity contribution in [2.45, 2.75) is 18.3 Å². The number of nitrogens with zero attached hydrogens (tertiary/aromatic N) is 4. The third-order valence-corrected chi connectivity index (χ3v) is 5.48. The number of aliphatic imine (C=N–C) groups is 1. The molecule has 2 aliphatic rings. The van der Waals surface area contributed by atoms with Gasteiger partial charge in [0.05, 0.1) is 14.2 Å². The second-order valence-electron chi connectivity index (χ2n) is 6.16. The highest BCUT2D eigenvalue weighted by Gasteiger charge is 2.40. The highest BCUT2D eigenvalue weighted by molar-refractivity contribution is 8.01. The van der Waals surface area contributed by atoms with Crippen molar-refractivity contribution in [2.75, 3.05) is 14.2 Å². The molecule has 0 amide bonds. The van der Waals surface area contributed by atoms with Crippen LogP contribution in [0.15, 0.2) is 45.4 Å². The highest BCUT2D eigenvalue weighted by Crippen LogP contribution is 2.56. The molecule has 6 nitrogen and oxygen atoms in total. The summed E-state index contributed by atoms with van der Waals surface area (Å²) in [5, 5.41) is 2.35. The van der Waals surface area contributed by atoms with Crippen molar-refractivity contribution in [3.05, 3.63) is 58.0 Å². The number of hydrogen-bond acceptors (Lipinski definition) is 7. The maximum Gasteiger partial charge on any atom is 0.205 e. The predicted molar refractivity (Wildman–Crippen MR) is 108 cm³/mol. The number of halogens is 1. The lowest BCUT2D eigenvalue weighted by Crippen LogP contribution is -2.04. The lowest BCUT2D eigenvalue weighted by Gasteiger charge is -2.11. The van der Waals surface area contributed by atoms with Crippen molar-refractivity contribution < 1.29 is 9.47 Å². The molecule has 0 saturated heterocycles. The van der Waals surface area contributed by atoms with Gasteiger partial charge in [-0.05, 0) is 53.0 Å². The Labute approximate surface area is 166 Å². The van der Waals surface area contributed by atoms with Crippen LogP contribution >= 0.6 is 23.5 Å². The van der Waals surface area contributed by atoms with Crippen molar-refractivity contribution in [1.29, 1.82) is 0 Å². The van der Waals surface area contributed by atoms with E-state index in [1.807, 2.05) is 36.0 Å². The van der Waals surface area contributed by atoms with Crippen LogP contribution in [0.4, 0.5) is 0 Å². The van der Waals surface area contributed by atoms with Gasteiger partial charge in [0.2, 0.25) is 5.84 Å². The van der Waals surface area contributed by atoms with Gasteiger partial charge in [-0.15, -0.1) is 0 Å². The highest BCUT2D eigenvalue weighted by atomic mass is 35.5. The molecular formula is C19H17ClN4O2S. The van der Waals surface area contributed by atoms with Crippen LogP contribution < -0.4 is 9.47 Å². The molecule has 1 aliphatic carbocycles. The molecule has 2 aromatic rings. The summed E-state index contributed by atoms with van der Waals surface area (Å²) in [6.45, 7) is 0. The molecule has 0 radical (unpaired) electrons. The first-order valence-electron chi connectivity index (χ1n) is 8.38. The molecule has 0 spiro atoms. The Hall–Kier alpha value is -2.38. The van der Waals surface area contributed by atoms with Crippen LogP contribution in [0, 0.1) is 0 Å². The number of rotatable bonds is 5. The van der Waals surface area contributed by atoms with Crippen molar-refractivity contribution in [1.82, 2.24) is 9.97 Å². The van der Waals surface area contributed by atoms with Crippen molar-refractivity contribution in [3.8, 4) is 11.5 Å². The normalized spacial score (nSPS) is 20.8. The van der Waals surface area contributed by atoms with Gasteiger partial charge in [-0.2, -0.15) is 4.40 Å². The van der Waals surface area contributed by atoms with E-state index in [1.54, 1.807) is 20.4 Å². The number of hydrogen-bond donors (Lipinski definition) is 0. The van der Waals surface area contributed by atoms with E-state index in [2.05, 4.69) is 19.4 Å². The quantitative estimate of drug-likeness (QED) is 0.695. The molecule has 1 fully saturated rings. The number of amidine groups is 1. The standard InChI is InChI=1S/C19H17ClN4O2S/c1-25-15-6-11(7-16(26-2)17(15)20)13-8-14(13)12-9-22-18(23-10-12)19-21-4-3-5-27-24-19/h3-7,9-10,13-14H,8H2,1-2H3. The van der Waals surface area contributed by atoms with E-state index < -0.39 is 0 Å². The summed E-state index contributed by atoms with van der Waals surface area (Å²) in [4.78, 5) is 13.1. The van der Waals surface area contributed by atoms with E-state index in [1.165, 1.54) is 11.9 Å². The topological polar surface area (TPSA) is 69.0 Å². The van der Waals surface area contributed by atoms with Crippen LogP contribution in [0.25, 0.3) is 0 Å². The van der Waals surface area contributed by atoms with Crippen LogP contribution in [0.3, 0.4) is 0 Å². The molecule has 4 rings (SSSR count). The monoisotopic (exact) mass is 400 g/mol. The van der Waals surface area contributed by atoms with Gasteiger partial charge in [0.15, 0.2) is 5.82 Å². The maximum absolute atomic E-state index is 6.26. The number of aromatic nitrogens is 2. The Morgan fingerprint density at radius 2 is 1.70 bits per heavy atom. The van der Waals surface area contributed by atoms with Gasteiger partial charge in [0, 0.05) is 30.6 Å². The van der Waals surface area contributed by atoms with E-state index in [9.17, 15) is 0 Å². The van der Waals surface area contributed by atoms with Gasteiger partial charge in [0.1, 0.15) is 16.5 Å². The summed E-state index contributed by atoms with van der Waals surface area (Å²) in [7, 11) is 3.21. The first kappa shape index (κ1) is 18.0. The Bertz CT molecular complexity index is 918. The minimum absolute atomic E-state index is 0.366. The summed E-state index contributed by atoms with van der Waals surface area (Å²) in [5.41, 5.74) is 2.24.